The summed E-state index contributed by atoms with van der Waals surface area (Å²) in [5.41, 5.74) is 3.42. The van der Waals surface area contributed by atoms with E-state index in [0.717, 1.165) is 42.5 Å². The second-order valence-electron chi connectivity index (χ2n) is 7.09. The number of fused-ring (bicyclic) bond motifs is 1. The Kier molecular flexibility index (Phi) is 4.44. The van der Waals surface area contributed by atoms with Gasteiger partial charge in [0.2, 0.25) is 5.95 Å². The van der Waals surface area contributed by atoms with E-state index in [1.54, 1.807) is 4.68 Å². The first kappa shape index (κ1) is 16.8. The second kappa shape index (κ2) is 6.90. The van der Waals surface area contributed by atoms with Crippen LogP contribution in [0.3, 0.4) is 0 Å². The Labute approximate surface area is 152 Å². The summed E-state index contributed by atoms with van der Waals surface area (Å²) in [6, 6.07) is 7.69. The lowest BCUT2D eigenvalue weighted by Crippen LogP contribution is -2.32. The van der Waals surface area contributed by atoms with Crippen molar-refractivity contribution in [1.82, 2.24) is 20.2 Å². The summed E-state index contributed by atoms with van der Waals surface area (Å²) in [4.78, 5) is 13.1. The van der Waals surface area contributed by atoms with Crippen molar-refractivity contribution in [2.45, 2.75) is 58.1 Å². The van der Waals surface area contributed by atoms with Crippen LogP contribution in [0.1, 0.15) is 56.2 Å². The zero-order chi connectivity index (χ0) is 18.1. The highest BCUT2D eigenvalue weighted by Gasteiger charge is 2.35. The average Bonchev–Trinajstić information content (AvgIpc) is 3.10. The molecule has 136 valence electrons. The van der Waals surface area contributed by atoms with Crippen molar-refractivity contribution in [3.05, 3.63) is 46.7 Å². The van der Waals surface area contributed by atoms with Gasteiger partial charge in [0, 0.05) is 5.70 Å². The predicted octanol–water partition coefficient (Wildman–Crippen LogP) is 3.15. The molecule has 2 aliphatic rings. The summed E-state index contributed by atoms with van der Waals surface area (Å²) >= 11 is 0. The molecular formula is C19H23N5O2. The molecule has 2 aromatic rings. The minimum atomic E-state index is -0.391. The number of anilines is 1. The number of nitrogens with zero attached hydrogens (tertiary/aromatic N) is 4. The van der Waals surface area contributed by atoms with Crippen molar-refractivity contribution >= 4 is 11.9 Å². The number of hydrogen-bond donors (Lipinski definition) is 1. The van der Waals surface area contributed by atoms with Crippen LogP contribution in [-0.4, -0.2) is 32.3 Å². The molecule has 0 radical (unpaired) electrons. The third kappa shape index (κ3) is 3.09. The molecule has 1 fully saturated rings. The lowest BCUT2D eigenvalue weighted by Gasteiger charge is -2.29. The van der Waals surface area contributed by atoms with Gasteiger partial charge in [-0.2, -0.15) is 4.68 Å². The number of tetrazole rings is 1. The molecule has 26 heavy (non-hydrogen) atoms. The molecule has 0 spiro atoms. The van der Waals surface area contributed by atoms with E-state index in [9.17, 15) is 4.79 Å². The molecule has 0 amide bonds. The van der Waals surface area contributed by atoms with Crippen molar-refractivity contribution in [1.29, 1.82) is 0 Å². The van der Waals surface area contributed by atoms with E-state index in [0.29, 0.717) is 11.5 Å². The maximum absolute atomic E-state index is 13.1. The van der Waals surface area contributed by atoms with Gasteiger partial charge in [-0.05, 0) is 55.5 Å². The fourth-order valence-corrected chi connectivity index (χ4v) is 3.73. The molecule has 1 N–H and O–H groups in total. The molecule has 2 heterocycles. The third-order valence-corrected chi connectivity index (χ3v) is 5.15. The van der Waals surface area contributed by atoms with E-state index < -0.39 is 6.04 Å². The molecule has 4 rings (SSSR count). The van der Waals surface area contributed by atoms with Crippen molar-refractivity contribution < 1.29 is 9.53 Å². The summed E-state index contributed by atoms with van der Waals surface area (Å²) in [5.74, 6) is 0.246. The van der Waals surface area contributed by atoms with Crippen molar-refractivity contribution in [2.75, 3.05) is 5.32 Å². The summed E-state index contributed by atoms with van der Waals surface area (Å²) in [6.45, 7) is 3.91. The molecule has 1 saturated carbocycles. The zero-order valence-corrected chi connectivity index (χ0v) is 15.1. The minimum absolute atomic E-state index is 0.00508. The van der Waals surface area contributed by atoms with Gasteiger partial charge >= 0.3 is 5.97 Å². The second-order valence-corrected chi connectivity index (χ2v) is 7.09. The number of rotatable bonds is 3. The van der Waals surface area contributed by atoms with Gasteiger partial charge in [0.25, 0.3) is 0 Å². The van der Waals surface area contributed by atoms with Crippen LogP contribution < -0.4 is 5.32 Å². The monoisotopic (exact) mass is 353 g/mol. The first-order valence-electron chi connectivity index (χ1n) is 9.16. The Hall–Kier alpha value is -2.70. The van der Waals surface area contributed by atoms with Crippen LogP contribution in [-0.2, 0) is 9.53 Å². The van der Waals surface area contributed by atoms with Gasteiger partial charge < -0.3 is 10.1 Å². The van der Waals surface area contributed by atoms with Gasteiger partial charge in [0.1, 0.15) is 12.1 Å². The van der Waals surface area contributed by atoms with Gasteiger partial charge in [-0.15, -0.1) is 0 Å². The number of benzene rings is 1. The fourth-order valence-electron chi connectivity index (χ4n) is 3.73. The third-order valence-electron chi connectivity index (χ3n) is 5.15. The Morgan fingerprint density at radius 2 is 1.88 bits per heavy atom. The van der Waals surface area contributed by atoms with Gasteiger partial charge in [0.15, 0.2) is 0 Å². The highest BCUT2D eigenvalue weighted by molar-refractivity contribution is 5.92. The van der Waals surface area contributed by atoms with Crippen molar-refractivity contribution in [2.24, 2.45) is 0 Å². The Morgan fingerprint density at radius 3 is 2.62 bits per heavy atom. The molecule has 7 nitrogen and oxygen atoms in total. The first-order chi connectivity index (χ1) is 12.6. The predicted molar refractivity (Wildman–Crippen MR) is 96.4 cm³/mol. The zero-order valence-electron chi connectivity index (χ0n) is 15.1. The van der Waals surface area contributed by atoms with Crippen LogP contribution in [0.2, 0.25) is 0 Å². The van der Waals surface area contributed by atoms with Crippen LogP contribution >= 0.6 is 0 Å². The normalized spacial score (nSPS) is 20.5. The van der Waals surface area contributed by atoms with Crippen LogP contribution in [0.25, 0.3) is 0 Å². The van der Waals surface area contributed by atoms with Gasteiger partial charge in [0.05, 0.1) is 5.57 Å². The number of hydrogen-bond acceptors (Lipinski definition) is 6. The molecule has 7 heteroatoms. The summed E-state index contributed by atoms with van der Waals surface area (Å²) in [7, 11) is 0. The molecule has 1 atom stereocenters. The molecule has 1 aliphatic heterocycles. The Bertz CT molecular complexity index is 834. The van der Waals surface area contributed by atoms with Gasteiger partial charge in [-0.25, -0.2) is 4.79 Å². The molecule has 0 saturated heterocycles. The Balaban J connectivity index is 1.69. The maximum Gasteiger partial charge on any atom is 0.338 e. The number of esters is 1. The topological polar surface area (TPSA) is 81.9 Å². The summed E-state index contributed by atoms with van der Waals surface area (Å²) in [6.07, 6.45) is 5.34. The molecule has 1 aromatic carbocycles. The lowest BCUT2D eigenvalue weighted by atomic mass is 9.94. The number of carbonyl (C=O) groups is 1. The smallest absolute Gasteiger partial charge is 0.338 e. The van der Waals surface area contributed by atoms with Crippen molar-refractivity contribution in [3.63, 3.8) is 0 Å². The molecule has 0 unspecified atom stereocenters. The first-order valence-corrected chi connectivity index (χ1v) is 9.16. The van der Waals surface area contributed by atoms with Crippen LogP contribution in [0.15, 0.2) is 35.5 Å². The van der Waals surface area contributed by atoms with Gasteiger partial charge in [-0.1, -0.05) is 41.3 Å². The van der Waals surface area contributed by atoms with Crippen LogP contribution in [0, 0.1) is 6.92 Å². The number of ether oxygens (including phenoxy) is 1. The maximum atomic E-state index is 13.1. The largest absolute Gasteiger partial charge is 0.459 e. The van der Waals surface area contributed by atoms with E-state index in [1.807, 2.05) is 38.1 Å². The van der Waals surface area contributed by atoms with E-state index in [4.69, 9.17) is 4.74 Å². The molecule has 1 aromatic heterocycles. The quantitative estimate of drug-likeness (QED) is 0.854. The highest BCUT2D eigenvalue weighted by Crippen LogP contribution is 2.35. The van der Waals surface area contributed by atoms with E-state index in [-0.39, 0.29) is 12.1 Å². The number of allylic oxidation sites excluding steroid dienone is 1. The summed E-state index contributed by atoms with van der Waals surface area (Å²) in [5, 5.41) is 15.0. The molecular weight excluding hydrogens is 330 g/mol. The summed E-state index contributed by atoms with van der Waals surface area (Å²) < 4.78 is 7.50. The standard InChI is InChI=1S/C19H23N5O2/c1-12-8-10-14(11-9-12)17-16(13(2)20-19-21-22-23-24(17)19)18(25)26-15-6-4-3-5-7-15/h8-11,15,17H,3-7H2,1-2H3,(H,20,21,23)/t17-/m1/s1. The SMILES string of the molecule is CC1=C(C(=O)OC2CCCCC2)[C@@H](c2ccc(C)cc2)n2nnnc2N1. The van der Waals surface area contributed by atoms with Crippen LogP contribution in [0.4, 0.5) is 5.95 Å². The average molecular weight is 353 g/mol. The molecule has 0 bridgehead atoms. The van der Waals surface area contributed by atoms with E-state index >= 15 is 0 Å². The fraction of sp³-hybridized carbons (Fsp3) is 0.474. The number of aryl methyl sites for hydroxylation is 1. The lowest BCUT2D eigenvalue weighted by molar-refractivity contribution is -0.146. The van der Waals surface area contributed by atoms with E-state index in [2.05, 4.69) is 20.8 Å². The number of aromatic nitrogens is 4. The van der Waals surface area contributed by atoms with Crippen LogP contribution in [0.5, 0.6) is 0 Å². The molecule has 1 aliphatic carbocycles. The van der Waals surface area contributed by atoms with Gasteiger partial charge in [-0.3, -0.25) is 0 Å². The highest BCUT2D eigenvalue weighted by atomic mass is 16.5. The number of carbonyl (C=O) groups excluding carboxylic acids is 1. The van der Waals surface area contributed by atoms with E-state index in [1.165, 1.54) is 6.42 Å². The minimum Gasteiger partial charge on any atom is -0.459 e. The van der Waals surface area contributed by atoms with Crippen molar-refractivity contribution in [3.8, 4) is 0 Å². The number of nitrogens with one attached hydrogen (secondary N) is 1. The Morgan fingerprint density at radius 1 is 1.15 bits per heavy atom.